The summed E-state index contributed by atoms with van der Waals surface area (Å²) in [6, 6.07) is 2.25. The number of nitrogens with one attached hydrogen (secondary N) is 1. The molecule has 0 radical (unpaired) electrons. The summed E-state index contributed by atoms with van der Waals surface area (Å²) in [7, 11) is 0. The van der Waals surface area contributed by atoms with Crippen LogP contribution in [0, 0.1) is 5.92 Å². The average Bonchev–Trinajstić information content (AvgIpc) is 2.28. The normalized spacial score (nSPS) is 41.8. The second-order valence-electron chi connectivity index (χ2n) is 6.41. The van der Waals surface area contributed by atoms with E-state index >= 15 is 0 Å². The lowest BCUT2D eigenvalue weighted by atomic mass is 9.84. The summed E-state index contributed by atoms with van der Waals surface area (Å²) < 4.78 is 0. The molecule has 2 fully saturated rings. The molecule has 0 spiro atoms. The molecule has 0 bridgehead atoms. The van der Waals surface area contributed by atoms with Crippen LogP contribution in [0.25, 0.3) is 0 Å². The first-order valence-electron chi connectivity index (χ1n) is 7.67. The summed E-state index contributed by atoms with van der Waals surface area (Å²) in [6.07, 6.45) is 8.43. The van der Waals surface area contributed by atoms with Gasteiger partial charge in [0.1, 0.15) is 0 Å². The first-order valence-corrected chi connectivity index (χ1v) is 7.67. The molecule has 4 atom stereocenters. The fourth-order valence-electron chi connectivity index (χ4n) is 3.65. The molecule has 0 amide bonds. The molecule has 1 aliphatic carbocycles. The zero-order valence-electron chi connectivity index (χ0n) is 11.9. The summed E-state index contributed by atoms with van der Waals surface area (Å²) in [5, 5.41) is 3.69. The zero-order valence-corrected chi connectivity index (χ0v) is 11.9. The molecule has 1 saturated heterocycles. The van der Waals surface area contributed by atoms with E-state index in [1.165, 1.54) is 51.6 Å². The van der Waals surface area contributed by atoms with Gasteiger partial charge in [0.05, 0.1) is 0 Å². The van der Waals surface area contributed by atoms with Crippen LogP contribution in [0.3, 0.4) is 0 Å². The molecule has 0 aromatic carbocycles. The van der Waals surface area contributed by atoms with Crippen molar-refractivity contribution in [3.8, 4) is 0 Å². The molecule has 2 nitrogen and oxygen atoms in total. The summed E-state index contributed by atoms with van der Waals surface area (Å²) in [5.41, 5.74) is 0. The van der Waals surface area contributed by atoms with Crippen molar-refractivity contribution in [3.63, 3.8) is 0 Å². The van der Waals surface area contributed by atoms with Crippen LogP contribution in [0.5, 0.6) is 0 Å². The molecule has 2 aliphatic rings. The minimum Gasteiger partial charge on any atom is -0.312 e. The van der Waals surface area contributed by atoms with E-state index in [0.717, 1.165) is 12.0 Å². The number of hydrogen-bond acceptors (Lipinski definition) is 2. The average molecular weight is 238 g/mol. The van der Waals surface area contributed by atoms with Gasteiger partial charge in [0.25, 0.3) is 0 Å². The maximum absolute atomic E-state index is 3.69. The Morgan fingerprint density at radius 2 is 1.41 bits per heavy atom. The lowest BCUT2D eigenvalue weighted by Crippen LogP contribution is -2.48. The van der Waals surface area contributed by atoms with E-state index in [0.29, 0.717) is 12.1 Å². The van der Waals surface area contributed by atoms with Crippen molar-refractivity contribution in [1.82, 2.24) is 10.2 Å². The van der Waals surface area contributed by atoms with Crippen LogP contribution in [-0.4, -0.2) is 36.1 Å². The third-order valence-electron chi connectivity index (χ3n) is 4.80. The Morgan fingerprint density at radius 1 is 0.824 bits per heavy atom. The standard InChI is InChI=1S/C15H30N2/c1-12-6-4-5-7-15(12)17-10-8-13(2)16-14(3)9-11-17/h12-16H,4-11H2,1-3H3. The number of hydrogen-bond donors (Lipinski definition) is 1. The minimum atomic E-state index is 0.687. The Labute approximate surface area is 107 Å². The predicted molar refractivity (Wildman–Crippen MR) is 74.3 cm³/mol. The molecule has 2 heteroatoms. The van der Waals surface area contributed by atoms with Crippen molar-refractivity contribution >= 4 is 0 Å². The summed E-state index contributed by atoms with van der Waals surface area (Å²) in [5.74, 6) is 0.918. The van der Waals surface area contributed by atoms with Crippen molar-refractivity contribution in [2.45, 2.75) is 77.4 Å². The highest BCUT2D eigenvalue weighted by Gasteiger charge is 2.28. The second kappa shape index (κ2) is 6.19. The monoisotopic (exact) mass is 238 g/mol. The Hall–Kier alpha value is -0.0800. The molecule has 1 saturated carbocycles. The molecular formula is C15H30N2. The van der Waals surface area contributed by atoms with E-state index in [-0.39, 0.29) is 0 Å². The van der Waals surface area contributed by atoms with Crippen LogP contribution in [-0.2, 0) is 0 Å². The van der Waals surface area contributed by atoms with Gasteiger partial charge in [0, 0.05) is 18.1 Å². The van der Waals surface area contributed by atoms with Gasteiger partial charge in [-0.1, -0.05) is 19.8 Å². The number of rotatable bonds is 1. The molecule has 0 aromatic rings. The van der Waals surface area contributed by atoms with Crippen molar-refractivity contribution in [2.24, 2.45) is 5.92 Å². The highest BCUT2D eigenvalue weighted by molar-refractivity contribution is 4.84. The maximum atomic E-state index is 3.69. The molecule has 100 valence electrons. The van der Waals surface area contributed by atoms with E-state index in [1.807, 2.05) is 0 Å². The third-order valence-corrected chi connectivity index (χ3v) is 4.80. The van der Waals surface area contributed by atoms with E-state index in [1.54, 1.807) is 0 Å². The first-order chi connectivity index (χ1) is 8.16. The van der Waals surface area contributed by atoms with Gasteiger partial charge in [-0.3, -0.25) is 0 Å². The molecule has 1 N–H and O–H groups in total. The molecule has 4 unspecified atom stereocenters. The van der Waals surface area contributed by atoms with Gasteiger partial charge in [-0.25, -0.2) is 0 Å². The smallest absolute Gasteiger partial charge is 0.0121 e. The third kappa shape index (κ3) is 3.69. The van der Waals surface area contributed by atoms with Gasteiger partial charge in [-0.05, 0) is 58.5 Å². The highest BCUT2D eigenvalue weighted by atomic mass is 15.2. The SMILES string of the molecule is CC1CCN(C2CCCCC2C)CCC(C)N1. The predicted octanol–water partition coefficient (Wildman–Crippen LogP) is 3.03. The Morgan fingerprint density at radius 3 is 2.00 bits per heavy atom. The summed E-state index contributed by atoms with van der Waals surface area (Å²) >= 11 is 0. The van der Waals surface area contributed by atoms with Crippen molar-refractivity contribution in [2.75, 3.05) is 13.1 Å². The van der Waals surface area contributed by atoms with Gasteiger partial charge in [-0.15, -0.1) is 0 Å². The van der Waals surface area contributed by atoms with Crippen molar-refractivity contribution < 1.29 is 0 Å². The highest BCUT2D eigenvalue weighted by Crippen LogP contribution is 2.29. The van der Waals surface area contributed by atoms with Gasteiger partial charge in [-0.2, -0.15) is 0 Å². The van der Waals surface area contributed by atoms with E-state index in [9.17, 15) is 0 Å². The molecule has 1 heterocycles. The lowest BCUT2D eigenvalue weighted by molar-refractivity contribution is 0.0945. The minimum absolute atomic E-state index is 0.687. The van der Waals surface area contributed by atoms with E-state index < -0.39 is 0 Å². The van der Waals surface area contributed by atoms with Crippen molar-refractivity contribution in [3.05, 3.63) is 0 Å². The van der Waals surface area contributed by atoms with Crippen LogP contribution < -0.4 is 5.32 Å². The van der Waals surface area contributed by atoms with Crippen molar-refractivity contribution in [1.29, 1.82) is 0 Å². The lowest BCUT2D eigenvalue weighted by Gasteiger charge is -2.41. The molecule has 2 rings (SSSR count). The van der Waals surface area contributed by atoms with Gasteiger partial charge in [0.15, 0.2) is 0 Å². The van der Waals surface area contributed by atoms with Gasteiger partial charge >= 0.3 is 0 Å². The summed E-state index contributed by atoms with van der Waals surface area (Å²) in [6.45, 7) is 9.74. The second-order valence-corrected chi connectivity index (χ2v) is 6.41. The Kier molecular flexibility index (Phi) is 4.87. The number of nitrogens with zero attached hydrogens (tertiary/aromatic N) is 1. The van der Waals surface area contributed by atoms with E-state index in [2.05, 4.69) is 31.0 Å². The molecule has 1 aliphatic heterocycles. The van der Waals surface area contributed by atoms with Gasteiger partial charge < -0.3 is 10.2 Å². The quantitative estimate of drug-likeness (QED) is 0.755. The zero-order chi connectivity index (χ0) is 12.3. The largest absolute Gasteiger partial charge is 0.312 e. The van der Waals surface area contributed by atoms with Gasteiger partial charge in [0.2, 0.25) is 0 Å². The van der Waals surface area contributed by atoms with Crippen LogP contribution in [0.1, 0.15) is 59.3 Å². The fraction of sp³-hybridized carbons (Fsp3) is 1.00. The first kappa shape index (κ1) is 13.4. The Balaban J connectivity index is 1.93. The maximum Gasteiger partial charge on any atom is 0.0121 e. The fourth-order valence-corrected chi connectivity index (χ4v) is 3.65. The molecule has 17 heavy (non-hydrogen) atoms. The van der Waals surface area contributed by atoms with E-state index in [4.69, 9.17) is 0 Å². The van der Waals surface area contributed by atoms with Crippen LogP contribution in [0.15, 0.2) is 0 Å². The van der Waals surface area contributed by atoms with Crippen LogP contribution in [0.4, 0.5) is 0 Å². The molecule has 0 aromatic heterocycles. The van der Waals surface area contributed by atoms with Crippen LogP contribution >= 0.6 is 0 Å². The topological polar surface area (TPSA) is 15.3 Å². The summed E-state index contributed by atoms with van der Waals surface area (Å²) in [4.78, 5) is 2.80. The molecular weight excluding hydrogens is 208 g/mol. The Bertz CT molecular complexity index is 217. The van der Waals surface area contributed by atoms with Crippen LogP contribution in [0.2, 0.25) is 0 Å².